The molecule has 2 unspecified atom stereocenters. The SMILES string of the molecule is CCN(CC)C(=O)c1ccc(/C=C2/SC3CCCCC3N(Cc3cccc(C)c3)C2=O)cc1. The van der Waals surface area contributed by atoms with E-state index in [-0.39, 0.29) is 11.8 Å². The molecule has 0 N–H and O–H groups in total. The number of carbonyl (C=O) groups excluding carboxylic acids is 2. The topological polar surface area (TPSA) is 40.6 Å². The van der Waals surface area contributed by atoms with Gasteiger partial charge in [0.25, 0.3) is 11.8 Å². The standard InChI is InChI=1S/C28H34N2O2S/c1-4-29(5-2)27(31)23-15-13-21(14-16-23)18-26-28(32)30(19-22-10-8-9-20(3)17-22)24-11-6-7-12-25(24)33-26/h8-10,13-18,24-25H,4-7,11-12,19H2,1-3H3/b26-18+. The number of nitrogens with zero attached hydrogens (tertiary/aromatic N) is 2. The molecule has 0 radical (unpaired) electrons. The van der Waals surface area contributed by atoms with Gasteiger partial charge in [0.2, 0.25) is 0 Å². The van der Waals surface area contributed by atoms with Crippen molar-refractivity contribution in [3.05, 3.63) is 75.7 Å². The molecule has 2 fully saturated rings. The number of thioether (sulfide) groups is 1. The highest BCUT2D eigenvalue weighted by atomic mass is 32.2. The van der Waals surface area contributed by atoms with Crippen molar-refractivity contribution in [2.45, 2.75) is 64.3 Å². The number of hydrogen-bond acceptors (Lipinski definition) is 3. The molecule has 1 saturated heterocycles. The van der Waals surface area contributed by atoms with Gasteiger partial charge in [-0.25, -0.2) is 0 Å². The first kappa shape index (κ1) is 23.6. The lowest BCUT2D eigenvalue weighted by atomic mass is 9.92. The molecule has 0 aromatic heterocycles. The van der Waals surface area contributed by atoms with Crippen LogP contribution >= 0.6 is 11.8 Å². The third kappa shape index (κ3) is 5.35. The van der Waals surface area contributed by atoms with E-state index in [0.717, 1.165) is 23.3 Å². The molecule has 174 valence electrons. The number of benzene rings is 2. The molecule has 2 aromatic rings. The van der Waals surface area contributed by atoms with E-state index in [1.54, 1.807) is 11.8 Å². The fourth-order valence-electron chi connectivity index (χ4n) is 4.94. The smallest absolute Gasteiger partial charge is 0.260 e. The van der Waals surface area contributed by atoms with Crippen LogP contribution < -0.4 is 0 Å². The second kappa shape index (κ2) is 10.6. The van der Waals surface area contributed by atoms with Gasteiger partial charge in [0.1, 0.15) is 0 Å². The lowest BCUT2D eigenvalue weighted by Gasteiger charge is -2.44. The maximum Gasteiger partial charge on any atom is 0.260 e. The molecule has 1 saturated carbocycles. The number of hydrogen-bond donors (Lipinski definition) is 0. The van der Waals surface area contributed by atoms with E-state index in [4.69, 9.17) is 0 Å². The first-order valence-corrected chi connectivity index (χ1v) is 13.0. The van der Waals surface area contributed by atoms with E-state index in [1.165, 1.54) is 24.0 Å². The van der Waals surface area contributed by atoms with Crippen molar-refractivity contribution in [1.82, 2.24) is 9.80 Å². The van der Waals surface area contributed by atoms with Gasteiger partial charge in [-0.05, 0) is 62.9 Å². The van der Waals surface area contributed by atoms with Crippen LogP contribution in [-0.2, 0) is 11.3 Å². The van der Waals surface area contributed by atoms with Gasteiger partial charge in [-0.15, -0.1) is 11.8 Å². The molecule has 4 rings (SSSR count). The first-order valence-electron chi connectivity index (χ1n) is 12.1. The van der Waals surface area contributed by atoms with Gasteiger partial charge in [-0.1, -0.05) is 54.8 Å². The van der Waals surface area contributed by atoms with Crippen LogP contribution in [0.2, 0.25) is 0 Å². The predicted molar refractivity (Wildman–Crippen MR) is 137 cm³/mol. The summed E-state index contributed by atoms with van der Waals surface area (Å²) in [5, 5.41) is 0.455. The Labute approximate surface area is 202 Å². The Balaban J connectivity index is 1.57. The van der Waals surface area contributed by atoms with Crippen LogP contribution in [0.4, 0.5) is 0 Å². The minimum atomic E-state index is 0.0525. The second-order valence-electron chi connectivity index (χ2n) is 9.04. The molecule has 1 aliphatic carbocycles. The van der Waals surface area contributed by atoms with Gasteiger partial charge < -0.3 is 9.80 Å². The third-order valence-corrected chi connectivity index (χ3v) is 8.16. The zero-order chi connectivity index (χ0) is 23.4. The van der Waals surface area contributed by atoms with Gasteiger partial charge in [0.05, 0.1) is 4.91 Å². The van der Waals surface area contributed by atoms with E-state index < -0.39 is 0 Å². The summed E-state index contributed by atoms with van der Waals surface area (Å²) in [6.07, 6.45) is 6.68. The summed E-state index contributed by atoms with van der Waals surface area (Å²) in [4.78, 5) is 30.9. The number of rotatable bonds is 6. The first-order chi connectivity index (χ1) is 16.0. The highest BCUT2D eigenvalue weighted by molar-refractivity contribution is 8.04. The molecule has 4 nitrogen and oxygen atoms in total. The Bertz CT molecular complexity index is 1030. The van der Waals surface area contributed by atoms with E-state index in [9.17, 15) is 9.59 Å². The Kier molecular flexibility index (Phi) is 7.59. The Morgan fingerprint density at radius 2 is 1.82 bits per heavy atom. The van der Waals surface area contributed by atoms with Crippen molar-refractivity contribution in [3.63, 3.8) is 0 Å². The molecule has 1 heterocycles. The van der Waals surface area contributed by atoms with E-state index in [1.807, 2.05) is 49.1 Å². The van der Waals surface area contributed by atoms with Crippen LogP contribution in [-0.4, -0.2) is 46.0 Å². The number of fused-ring (bicyclic) bond motifs is 1. The second-order valence-corrected chi connectivity index (χ2v) is 10.3. The Hall–Kier alpha value is -2.53. The Morgan fingerprint density at radius 3 is 2.52 bits per heavy atom. The van der Waals surface area contributed by atoms with E-state index in [0.29, 0.717) is 36.5 Å². The fraction of sp³-hybridized carbons (Fsp3) is 0.429. The molecule has 5 heteroatoms. The summed E-state index contributed by atoms with van der Waals surface area (Å²) in [5.74, 6) is 0.185. The Morgan fingerprint density at radius 1 is 1.09 bits per heavy atom. The highest BCUT2D eigenvalue weighted by Gasteiger charge is 2.40. The van der Waals surface area contributed by atoms with Crippen molar-refractivity contribution < 1.29 is 9.59 Å². The quantitative estimate of drug-likeness (QED) is 0.502. The molecule has 0 bridgehead atoms. The van der Waals surface area contributed by atoms with Gasteiger partial charge in [-0.3, -0.25) is 9.59 Å². The average Bonchev–Trinajstić information content (AvgIpc) is 2.83. The summed E-state index contributed by atoms with van der Waals surface area (Å²) in [7, 11) is 0. The van der Waals surface area contributed by atoms with Crippen molar-refractivity contribution in [2.24, 2.45) is 0 Å². The average molecular weight is 463 g/mol. The van der Waals surface area contributed by atoms with Gasteiger partial charge in [-0.2, -0.15) is 0 Å². The summed E-state index contributed by atoms with van der Waals surface area (Å²) in [6, 6.07) is 16.4. The van der Waals surface area contributed by atoms with Crippen molar-refractivity contribution in [1.29, 1.82) is 0 Å². The summed E-state index contributed by atoms with van der Waals surface area (Å²) in [6.45, 7) is 8.15. The maximum absolute atomic E-state index is 13.6. The van der Waals surface area contributed by atoms with Gasteiger partial charge in [0.15, 0.2) is 0 Å². The monoisotopic (exact) mass is 462 g/mol. The molecular weight excluding hydrogens is 428 g/mol. The van der Waals surface area contributed by atoms with Crippen LogP contribution in [0.15, 0.2) is 53.4 Å². The molecule has 33 heavy (non-hydrogen) atoms. The van der Waals surface area contributed by atoms with E-state index in [2.05, 4.69) is 36.1 Å². The molecule has 2 atom stereocenters. The third-order valence-electron chi connectivity index (χ3n) is 6.76. The summed E-state index contributed by atoms with van der Waals surface area (Å²) in [5.41, 5.74) is 4.07. The van der Waals surface area contributed by atoms with Crippen LogP contribution in [0.3, 0.4) is 0 Å². The zero-order valence-corrected chi connectivity index (χ0v) is 20.7. The molecule has 2 aromatic carbocycles. The molecule has 2 aliphatic rings. The fourth-order valence-corrected chi connectivity index (χ4v) is 6.41. The van der Waals surface area contributed by atoms with Crippen molar-refractivity contribution in [2.75, 3.05) is 13.1 Å². The normalized spacial score (nSPS) is 21.7. The van der Waals surface area contributed by atoms with Crippen molar-refractivity contribution in [3.8, 4) is 0 Å². The number of aryl methyl sites for hydroxylation is 1. The van der Waals surface area contributed by atoms with Gasteiger partial charge in [0, 0.05) is 36.5 Å². The van der Waals surface area contributed by atoms with Crippen LogP contribution in [0.1, 0.15) is 66.6 Å². The number of amides is 2. The van der Waals surface area contributed by atoms with Gasteiger partial charge >= 0.3 is 0 Å². The number of carbonyl (C=O) groups is 2. The molecule has 2 amide bonds. The minimum Gasteiger partial charge on any atom is -0.339 e. The van der Waals surface area contributed by atoms with E-state index >= 15 is 0 Å². The largest absolute Gasteiger partial charge is 0.339 e. The highest BCUT2D eigenvalue weighted by Crippen LogP contribution is 2.42. The van der Waals surface area contributed by atoms with Crippen molar-refractivity contribution >= 4 is 29.7 Å². The molecular formula is C28H34N2O2S. The zero-order valence-electron chi connectivity index (χ0n) is 19.9. The van der Waals surface area contributed by atoms with Crippen LogP contribution in [0, 0.1) is 6.92 Å². The lowest BCUT2D eigenvalue weighted by Crippen LogP contribution is -2.50. The summed E-state index contributed by atoms with van der Waals surface area (Å²) < 4.78 is 0. The lowest BCUT2D eigenvalue weighted by molar-refractivity contribution is -0.130. The van der Waals surface area contributed by atoms with Crippen LogP contribution in [0.25, 0.3) is 6.08 Å². The molecule has 1 aliphatic heterocycles. The van der Waals surface area contributed by atoms with Crippen LogP contribution in [0.5, 0.6) is 0 Å². The predicted octanol–water partition coefficient (Wildman–Crippen LogP) is 5.90. The summed E-state index contributed by atoms with van der Waals surface area (Å²) >= 11 is 1.75. The maximum atomic E-state index is 13.6. The molecule has 0 spiro atoms. The minimum absolute atomic E-state index is 0.0525.